The summed E-state index contributed by atoms with van der Waals surface area (Å²) in [6, 6.07) is 2.49. The molecule has 2 rings (SSSR count). The lowest BCUT2D eigenvalue weighted by Gasteiger charge is -2.35. The van der Waals surface area contributed by atoms with Crippen LogP contribution in [0.3, 0.4) is 0 Å². The number of carboxylic acid groups (broad SMARTS) is 1. The van der Waals surface area contributed by atoms with E-state index in [-0.39, 0.29) is 17.0 Å². The maximum Gasteiger partial charge on any atom is 0.338 e. The Morgan fingerprint density at radius 3 is 2.67 bits per heavy atom. The van der Waals surface area contributed by atoms with Crippen molar-refractivity contribution in [1.29, 1.82) is 0 Å². The fourth-order valence-corrected chi connectivity index (χ4v) is 3.43. The molecule has 0 bridgehead atoms. The van der Waals surface area contributed by atoms with Crippen LogP contribution in [-0.2, 0) is 14.8 Å². The molecule has 8 heteroatoms. The fourth-order valence-electron chi connectivity index (χ4n) is 2.16. The summed E-state index contributed by atoms with van der Waals surface area (Å²) in [6.07, 6.45) is 1.19. The van der Waals surface area contributed by atoms with Crippen LogP contribution in [0, 0.1) is 5.82 Å². The van der Waals surface area contributed by atoms with Crippen molar-refractivity contribution in [2.45, 2.75) is 36.8 Å². The van der Waals surface area contributed by atoms with E-state index >= 15 is 0 Å². The van der Waals surface area contributed by atoms with Crippen LogP contribution in [0.25, 0.3) is 0 Å². The van der Waals surface area contributed by atoms with Crippen molar-refractivity contribution in [3.8, 4) is 0 Å². The van der Waals surface area contributed by atoms with E-state index in [1.165, 1.54) is 0 Å². The number of rotatable bonds is 6. The molecule has 6 nitrogen and oxygen atoms in total. The smallest absolute Gasteiger partial charge is 0.338 e. The van der Waals surface area contributed by atoms with Crippen LogP contribution in [0.2, 0.25) is 0 Å². The van der Waals surface area contributed by atoms with Gasteiger partial charge in [0, 0.05) is 12.6 Å². The third-order valence-electron chi connectivity index (χ3n) is 3.30. The number of hydrogen-bond acceptors (Lipinski definition) is 4. The second kappa shape index (κ2) is 6.08. The molecular weight excluding hydrogens is 301 g/mol. The van der Waals surface area contributed by atoms with Crippen molar-refractivity contribution >= 4 is 16.0 Å². The van der Waals surface area contributed by atoms with Crippen molar-refractivity contribution in [2.24, 2.45) is 0 Å². The fraction of sp³-hybridized carbons (Fsp3) is 0.462. The van der Waals surface area contributed by atoms with Gasteiger partial charge in [-0.05, 0) is 38.0 Å². The molecule has 116 valence electrons. The number of hydrogen-bond donors (Lipinski definition) is 2. The van der Waals surface area contributed by atoms with E-state index in [1.54, 1.807) is 0 Å². The number of sulfonamides is 1. The van der Waals surface area contributed by atoms with Gasteiger partial charge in [-0.15, -0.1) is 0 Å². The Kier molecular flexibility index (Phi) is 4.60. The topological polar surface area (TPSA) is 92.7 Å². The SMILES string of the molecule is CCOC1CC(NS(=O)(=O)c2ccc(C(=O)O)c(F)c2)C1. The highest BCUT2D eigenvalue weighted by Crippen LogP contribution is 2.25. The number of aromatic carboxylic acids is 1. The molecule has 0 aromatic heterocycles. The van der Waals surface area contributed by atoms with Crippen LogP contribution in [0.1, 0.15) is 30.1 Å². The minimum Gasteiger partial charge on any atom is -0.478 e. The molecule has 0 heterocycles. The van der Waals surface area contributed by atoms with E-state index < -0.39 is 27.4 Å². The molecular formula is C13H16FNO5S. The molecule has 1 aromatic carbocycles. The highest BCUT2D eigenvalue weighted by Gasteiger charge is 2.33. The lowest BCUT2D eigenvalue weighted by atomic mass is 9.90. The monoisotopic (exact) mass is 317 g/mol. The minimum absolute atomic E-state index is 0.0498. The molecule has 2 N–H and O–H groups in total. The summed E-state index contributed by atoms with van der Waals surface area (Å²) in [5, 5.41) is 8.71. The van der Waals surface area contributed by atoms with Crippen LogP contribution in [-0.4, -0.2) is 38.2 Å². The summed E-state index contributed by atoms with van der Waals surface area (Å²) in [4.78, 5) is 10.4. The van der Waals surface area contributed by atoms with Gasteiger partial charge in [0.1, 0.15) is 5.82 Å². The summed E-state index contributed by atoms with van der Waals surface area (Å²) in [6.45, 7) is 2.44. The van der Waals surface area contributed by atoms with Gasteiger partial charge in [-0.3, -0.25) is 0 Å². The van der Waals surface area contributed by atoms with Crippen LogP contribution >= 0.6 is 0 Å². The maximum absolute atomic E-state index is 13.5. The van der Waals surface area contributed by atoms with Gasteiger partial charge in [-0.25, -0.2) is 22.3 Å². The summed E-state index contributed by atoms with van der Waals surface area (Å²) in [5.74, 6) is -2.52. The normalized spacial score (nSPS) is 21.8. The number of carbonyl (C=O) groups is 1. The Hall–Kier alpha value is -1.51. The largest absolute Gasteiger partial charge is 0.478 e. The zero-order chi connectivity index (χ0) is 15.6. The van der Waals surface area contributed by atoms with Gasteiger partial charge in [0.05, 0.1) is 16.6 Å². The van der Waals surface area contributed by atoms with Crippen LogP contribution in [0.4, 0.5) is 4.39 Å². The van der Waals surface area contributed by atoms with Gasteiger partial charge in [0.2, 0.25) is 10.0 Å². The lowest BCUT2D eigenvalue weighted by molar-refractivity contribution is -0.00476. The highest BCUT2D eigenvalue weighted by atomic mass is 32.2. The predicted molar refractivity (Wildman–Crippen MR) is 72.1 cm³/mol. The first-order valence-electron chi connectivity index (χ1n) is 6.50. The zero-order valence-corrected chi connectivity index (χ0v) is 12.2. The quantitative estimate of drug-likeness (QED) is 0.826. The highest BCUT2D eigenvalue weighted by molar-refractivity contribution is 7.89. The first-order chi connectivity index (χ1) is 9.83. The molecule has 0 saturated heterocycles. The number of carboxylic acids is 1. The number of halogens is 1. The lowest BCUT2D eigenvalue weighted by Crippen LogP contribution is -2.47. The van der Waals surface area contributed by atoms with Gasteiger partial charge >= 0.3 is 5.97 Å². The third kappa shape index (κ3) is 3.58. The molecule has 1 aliphatic rings. The van der Waals surface area contributed by atoms with Crippen molar-refractivity contribution in [3.63, 3.8) is 0 Å². The zero-order valence-electron chi connectivity index (χ0n) is 11.4. The molecule has 0 spiro atoms. The van der Waals surface area contributed by atoms with Crippen LogP contribution in [0.15, 0.2) is 23.1 Å². The number of benzene rings is 1. The van der Waals surface area contributed by atoms with Gasteiger partial charge in [0.15, 0.2) is 0 Å². The van der Waals surface area contributed by atoms with Gasteiger partial charge in [-0.1, -0.05) is 0 Å². The summed E-state index contributed by atoms with van der Waals surface area (Å²) < 4.78 is 45.4. The minimum atomic E-state index is -3.86. The second-order valence-corrected chi connectivity index (χ2v) is 6.53. The standard InChI is InChI=1S/C13H16FNO5S/c1-2-20-9-5-8(6-9)15-21(18,19)10-3-4-11(13(16)17)12(14)7-10/h3-4,7-9,15H,2,5-6H2,1H3,(H,16,17). The van der Waals surface area contributed by atoms with Gasteiger partial charge in [-0.2, -0.15) is 0 Å². The molecule has 1 saturated carbocycles. The number of ether oxygens (including phenoxy) is 1. The third-order valence-corrected chi connectivity index (χ3v) is 4.82. The summed E-state index contributed by atoms with van der Waals surface area (Å²) in [7, 11) is -3.86. The average Bonchev–Trinajstić information content (AvgIpc) is 2.35. The first-order valence-corrected chi connectivity index (χ1v) is 7.98. The molecule has 0 radical (unpaired) electrons. The average molecular weight is 317 g/mol. The van der Waals surface area contributed by atoms with Gasteiger partial charge in [0.25, 0.3) is 0 Å². The first kappa shape index (κ1) is 15.9. The molecule has 21 heavy (non-hydrogen) atoms. The van der Waals surface area contributed by atoms with E-state index in [0.29, 0.717) is 25.5 Å². The van der Waals surface area contributed by atoms with Crippen molar-refractivity contribution in [1.82, 2.24) is 4.72 Å². The molecule has 1 fully saturated rings. The Balaban J connectivity index is 2.07. The molecule has 0 amide bonds. The van der Waals surface area contributed by atoms with E-state index in [9.17, 15) is 17.6 Å². The van der Waals surface area contributed by atoms with E-state index in [0.717, 1.165) is 12.1 Å². The Bertz CT molecular complexity index is 640. The molecule has 0 atom stereocenters. The van der Waals surface area contributed by atoms with Crippen LogP contribution in [0.5, 0.6) is 0 Å². The predicted octanol–water partition coefficient (Wildman–Crippen LogP) is 1.37. The van der Waals surface area contributed by atoms with E-state index in [1.807, 2.05) is 6.92 Å². The summed E-state index contributed by atoms with van der Waals surface area (Å²) in [5.41, 5.74) is -0.561. The molecule has 1 aromatic rings. The van der Waals surface area contributed by atoms with Crippen molar-refractivity contribution < 1.29 is 27.4 Å². The molecule has 0 unspecified atom stereocenters. The van der Waals surface area contributed by atoms with Crippen molar-refractivity contribution in [3.05, 3.63) is 29.6 Å². The maximum atomic E-state index is 13.5. The summed E-state index contributed by atoms with van der Waals surface area (Å²) >= 11 is 0. The van der Waals surface area contributed by atoms with E-state index in [4.69, 9.17) is 9.84 Å². The Morgan fingerprint density at radius 1 is 1.48 bits per heavy atom. The second-order valence-electron chi connectivity index (χ2n) is 4.81. The number of nitrogens with one attached hydrogen (secondary N) is 1. The molecule has 0 aliphatic heterocycles. The Morgan fingerprint density at radius 2 is 2.14 bits per heavy atom. The molecule has 1 aliphatic carbocycles. The van der Waals surface area contributed by atoms with E-state index in [2.05, 4.69) is 4.72 Å². The van der Waals surface area contributed by atoms with Gasteiger partial charge < -0.3 is 9.84 Å². The Labute approximate surface area is 122 Å². The van der Waals surface area contributed by atoms with Crippen molar-refractivity contribution in [2.75, 3.05) is 6.61 Å². The van der Waals surface area contributed by atoms with Crippen LogP contribution < -0.4 is 4.72 Å².